The standard InChI is InChI=1S/C7H15N3/c1-3-5(7(9)10)6(8)4-2/h5,8H,3-4H2,1-2H3,(H3,9,10). The summed E-state index contributed by atoms with van der Waals surface area (Å²) in [5.74, 6) is -0.000602. The van der Waals surface area contributed by atoms with Crippen molar-refractivity contribution < 1.29 is 0 Å². The average molecular weight is 141 g/mol. The smallest absolute Gasteiger partial charge is 0.0994 e. The summed E-state index contributed by atoms with van der Waals surface area (Å²) >= 11 is 0. The summed E-state index contributed by atoms with van der Waals surface area (Å²) in [6.07, 6.45) is 1.46. The Morgan fingerprint density at radius 1 is 1.40 bits per heavy atom. The minimum Gasteiger partial charge on any atom is -0.387 e. The van der Waals surface area contributed by atoms with Crippen LogP contribution in [0.1, 0.15) is 26.7 Å². The summed E-state index contributed by atoms with van der Waals surface area (Å²) in [4.78, 5) is 0. The Balaban J connectivity index is 4.06. The van der Waals surface area contributed by atoms with Gasteiger partial charge < -0.3 is 11.1 Å². The van der Waals surface area contributed by atoms with Crippen LogP contribution in [-0.2, 0) is 0 Å². The first-order valence-electron chi connectivity index (χ1n) is 3.54. The molecule has 0 aliphatic carbocycles. The molecule has 0 heterocycles. The summed E-state index contributed by atoms with van der Waals surface area (Å²) in [5.41, 5.74) is 5.83. The van der Waals surface area contributed by atoms with Gasteiger partial charge in [-0.3, -0.25) is 5.41 Å². The molecule has 10 heavy (non-hydrogen) atoms. The van der Waals surface area contributed by atoms with Crippen LogP contribution in [0.5, 0.6) is 0 Å². The number of nitrogens with two attached hydrogens (primary N) is 1. The van der Waals surface area contributed by atoms with Crippen LogP contribution < -0.4 is 5.73 Å². The molecule has 0 spiro atoms. The molecule has 0 fully saturated rings. The summed E-state index contributed by atoms with van der Waals surface area (Å²) < 4.78 is 0. The lowest BCUT2D eigenvalue weighted by molar-refractivity contribution is 0.818. The zero-order valence-electron chi connectivity index (χ0n) is 6.57. The molecular weight excluding hydrogens is 126 g/mol. The molecule has 0 aromatic rings. The first-order valence-corrected chi connectivity index (χ1v) is 3.54. The molecular formula is C7H15N3. The summed E-state index contributed by atoms with van der Waals surface area (Å²) in [5, 5.41) is 14.5. The second kappa shape index (κ2) is 4.04. The molecule has 0 amide bonds. The van der Waals surface area contributed by atoms with E-state index in [0.29, 0.717) is 12.1 Å². The van der Waals surface area contributed by atoms with Crippen LogP contribution in [0.4, 0.5) is 0 Å². The normalized spacial score (nSPS) is 12.6. The quantitative estimate of drug-likeness (QED) is 0.401. The zero-order chi connectivity index (χ0) is 8.15. The molecule has 0 saturated heterocycles. The van der Waals surface area contributed by atoms with Crippen molar-refractivity contribution in [3.05, 3.63) is 0 Å². The van der Waals surface area contributed by atoms with Crippen molar-refractivity contribution in [1.29, 1.82) is 10.8 Å². The molecule has 1 atom stereocenters. The molecule has 1 unspecified atom stereocenters. The van der Waals surface area contributed by atoms with Crippen molar-refractivity contribution in [1.82, 2.24) is 0 Å². The van der Waals surface area contributed by atoms with Gasteiger partial charge in [-0.2, -0.15) is 0 Å². The van der Waals surface area contributed by atoms with Gasteiger partial charge in [-0.25, -0.2) is 0 Å². The Bertz CT molecular complexity index is 140. The predicted octanol–water partition coefficient (Wildman–Crippen LogP) is 1.38. The third-order valence-electron chi connectivity index (χ3n) is 1.59. The first-order chi connectivity index (χ1) is 4.63. The van der Waals surface area contributed by atoms with Crippen LogP contribution in [0.3, 0.4) is 0 Å². The van der Waals surface area contributed by atoms with E-state index in [1.807, 2.05) is 13.8 Å². The van der Waals surface area contributed by atoms with Gasteiger partial charge in [0.2, 0.25) is 0 Å². The van der Waals surface area contributed by atoms with E-state index in [0.717, 1.165) is 6.42 Å². The van der Waals surface area contributed by atoms with Crippen LogP contribution in [0, 0.1) is 16.7 Å². The highest BCUT2D eigenvalue weighted by Crippen LogP contribution is 2.05. The monoisotopic (exact) mass is 141 g/mol. The highest BCUT2D eigenvalue weighted by Gasteiger charge is 2.12. The van der Waals surface area contributed by atoms with Crippen molar-refractivity contribution in [2.75, 3.05) is 0 Å². The topological polar surface area (TPSA) is 73.7 Å². The minimum absolute atomic E-state index is 0.120. The van der Waals surface area contributed by atoms with Crippen LogP contribution in [0.15, 0.2) is 0 Å². The number of hydrogen-bond donors (Lipinski definition) is 3. The lowest BCUT2D eigenvalue weighted by Gasteiger charge is -2.12. The lowest BCUT2D eigenvalue weighted by atomic mass is 9.98. The summed E-state index contributed by atoms with van der Waals surface area (Å²) in [6, 6.07) is 0. The number of nitrogens with one attached hydrogen (secondary N) is 2. The van der Waals surface area contributed by atoms with Gasteiger partial charge >= 0.3 is 0 Å². The largest absolute Gasteiger partial charge is 0.387 e. The van der Waals surface area contributed by atoms with Crippen LogP contribution in [0.25, 0.3) is 0 Å². The van der Waals surface area contributed by atoms with Crippen molar-refractivity contribution in [3.8, 4) is 0 Å². The molecule has 4 N–H and O–H groups in total. The molecule has 3 heteroatoms. The van der Waals surface area contributed by atoms with Gasteiger partial charge in [0.05, 0.1) is 11.8 Å². The molecule has 0 aromatic carbocycles. The Kier molecular flexibility index (Phi) is 3.69. The van der Waals surface area contributed by atoms with Crippen LogP contribution in [0.2, 0.25) is 0 Å². The summed E-state index contributed by atoms with van der Waals surface area (Å²) in [6.45, 7) is 3.85. The van der Waals surface area contributed by atoms with Gasteiger partial charge in [0, 0.05) is 5.71 Å². The van der Waals surface area contributed by atoms with E-state index in [4.69, 9.17) is 16.6 Å². The lowest BCUT2D eigenvalue weighted by Crippen LogP contribution is -2.28. The maximum atomic E-state index is 7.40. The fraction of sp³-hybridized carbons (Fsp3) is 0.714. The molecule has 0 radical (unpaired) electrons. The van der Waals surface area contributed by atoms with E-state index >= 15 is 0 Å². The number of amidine groups is 1. The third kappa shape index (κ3) is 2.17. The van der Waals surface area contributed by atoms with Crippen molar-refractivity contribution >= 4 is 11.5 Å². The van der Waals surface area contributed by atoms with E-state index in [1.54, 1.807) is 0 Å². The highest BCUT2D eigenvalue weighted by molar-refractivity contribution is 6.03. The molecule has 0 aromatic heterocycles. The zero-order valence-corrected chi connectivity index (χ0v) is 6.57. The van der Waals surface area contributed by atoms with Gasteiger partial charge in [-0.15, -0.1) is 0 Å². The van der Waals surface area contributed by atoms with E-state index in [9.17, 15) is 0 Å². The fourth-order valence-electron chi connectivity index (χ4n) is 0.900. The van der Waals surface area contributed by atoms with E-state index in [1.165, 1.54) is 0 Å². The van der Waals surface area contributed by atoms with Gasteiger partial charge in [-0.05, 0) is 12.8 Å². The molecule has 0 rings (SSSR count). The molecule has 0 saturated carbocycles. The molecule has 3 nitrogen and oxygen atoms in total. The molecule has 58 valence electrons. The van der Waals surface area contributed by atoms with Crippen molar-refractivity contribution in [3.63, 3.8) is 0 Å². The van der Waals surface area contributed by atoms with Gasteiger partial charge in [-0.1, -0.05) is 13.8 Å². The number of rotatable bonds is 4. The minimum atomic E-state index is -0.120. The van der Waals surface area contributed by atoms with Crippen LogP contribution in [-0.4, -0.2) is 11.5 Å². The molecule has 0 bridgehead atoms. The third-order valence-corrected chi connectivity index (χ3v) is 1.59. The average Bonchev–Trinajstić information content (AvgIpc) is 1.88. The van der Waals surface area contributed by atoms with E-state index in [2.05, 4.69) is 0 Å². The SMILES string of the molecule is CCC(=N)C(CC)C(=N)N. The maximum absolute atomic E-state index is 7.40. The second-order valence-corrected chi connectivity index (χ2v) is 2.29. The Morgan fingerprint density at radius 2 is 1.90 bits per heavy atom. The van der Waals surface area contributed by atoms with E-state index in [-0.39, 0.29) is 11.8 Å². The van der Waals surface area contributed by atoms with E-state index < -0.39 is 0 Å². The Labute approximate surface area is 61.6 Å². The highest BCUT2D eigenvalue weighted by atomic mass is 14.7. The maximum Gasteiger partial charge on any atom is 0.0994 e. The Hall–Kier alpha value is -0.860. The fourth-order valence-corrected chi connectivity index (χ4v) is 0.900. The van der Waals surface area contributed by atoms with Crippen LogP contribution >= 0.6 is 0 Å². The summed E-state index contributed by atoms with van der Waals surface area (Å²) in [7, 11) is 0. The molecule has 0 aliphatic heterocycles. The number of hydrogen-bond acceptors (Lipinski definition) is 2. The van der Waals surface area contributed by atoms with Gasteiger partial charge in [0.1, 0.15) is 0 Å². The predicted molar refractivity (Wildman–Crippen MR) is 43.7 cm³/mol. The molecule has 0 aliphatic rings. The van der Waals surface area contributed by atoms with Gasteiger partial charge in [0.25, 0.3) is 0 Å². The van der Waals surface area contributed by atoms with Crippen molar-refractivity contribution in [2.45, 2.75) is 26.7 Å². The Morgan fingerprint density at radius 3 is 2.00 bits per heavy atom. The first kappa shape index (κ1) is 9.14. The second-order valence-electron chi connectivity index (χ2n) is 2.29. The van der Waals surface area contributed by atoms with Gasteiger partial charge in [0.15, 0.2) is 0 Å². The van der Waals surface area contributed by atoms with Crippen molar-refractivity contribution in [2.24, 2.45) is 11.7 Å².